The Morgan fingerprint density at radius 1 is 1.18 bits per heavy atom. The van der Waals surface area contributed by atoms with E-state index >= 15 is 0 Å². The zero-order chi connectivity index (χ0) is 16.1. The Hall–Kier alpha value is -2.20. The summed E-state index contributed by atoms with van der Waals surface area (Å²) in [5, 5.41) is 3.21. The lowest BCUT2D eigenvalue weighted by Gasteiger charge is -2.16. The van der Waals surface area contributed by atoms with Crippen molar-refractivity contribution in [1.29, 1.82) is 0 Å². The molecule has 22 heavy (non-hydrogen) atoms. The summed E-state index contributed by atoms with van der Waals surface area (Å²) in [7, 11) is 1.54. The topological polar surface area (TPSA) is 47.6 Å². The summed E-state index contributed by atoms with van der Waals surface area (Å²) in [6.45, 7) is 3.64. The number of halogens is 1. The number of rotatable bonds is 5. The van der Waals surface area contributed by atoms with Crippen LogP contribution in [-0.4, -0.2) is 19.1 Å². The Labute approximate surface area is 135 Å². The van der Waals surface area contributed by atoms with E-state index in [2.05, 4.69) is 5.32 Å². The Morgan fingerprint density at radius 2 is 1.91 bits per heavy atom. The molecule has 0 saturated carbocycles. The van der Waals surface area contributed by atoms with Gasteiger partial charge in [0, 0.05) is 5.69 Å². The number of nitrogens with one attached hydrogen (secondary N) is 1. The predicted molar refractivity (Wildman–Crippen MR) is 87.9 cm³/mol. The van der Waals surface area contributed by atoms with Gasteiger partial charge in [0.1, 0.15) is 11.5 Å². The second-order valence-electron chi connectivity index (χ2n) is 4.86. The summed E-state index contributed by atoms with van der Waals surface area (Å²) in [5.41, 5.74) is 1.57. The summed E-state index contributed by atoms with van der Waals surface area (Å²) >= 11 is 6.04. The fraction of sp³-hybridized carbons (Fsp3) is 0.235. The first-order valence-corrected chi connectivity index (χ1v) is 7.25. The smallest absolute Gasteiger partial charge is 0.265 e. The number of carbonyl (C=O) groups excluding carboxylic acids is 1. The van der Waals surface area contributed by atoms with E-state index in [0.29, 0.717) is 22.2 Å². The number of ether oxygens (including phenoxy) is 2. The number of aryl methyl sites for hydroxylation is 1. The average molecular weight is 320 g/mol. The lowest BCUT2D eigenvalue weighted by molar-refractivity contribution is -0.122. The minimum absolute atomic E-state index is 0.246. The second kappa shape index (κ2) is 7.18. The molecule has 0 spiro atoms. The van der Waals surface area contributed by atoms with Crippen molar-refractivity contribution in [1.82, 2.24) is 0 Å². The van der Waals surface area contributed by atoms with Crippen molar-refractivity contribution in [3.05, 3.63) is 53.1 Å². The largest absolute Gasteiger partial charge is 0.495 e. The maximum Gasteiger partial charge on any atom is 0.265 e. The van der Waals surface area contributed by atoms with Crippen LogP contribution in [0.3, 0.4) is 0 Å². The normalized spacial score (nSPS) is 11.6. The van der Waals surface area contributed by atoms with E-state index < -0.39 is 6.10 Å². The van der Waals surface area contributed by atoms with Crippen molar-refractivity contribution in [2.45, 2.75) is 20.0 Å². The Morgan fingerprint density at radius 3 is 2.55 bits per heavy atom. The van der Waals surface area contributed by atoms with Gasteiger partial charge in [-0.15, -0.1) is 0 Å². The van der Waals surface area contributed by atoms with Crippen molar-refractivity contribution in [3.63, 3.8) is 0 Å². The molecular formula is C17H18ClNO3. The van der Waals surface area contributed by atoms with Crippen LogP contribution in [0.15, 0.2) is 42.5 Å². The summed E-state index contributed by atoms with van der Waals surface area (Å²) in [5.74, 6) is 1.01. The first-order chi connectivity index (χ1) is 10.5. The first kappa shape index (κ1) is 16.2. The van der Waals surface area contributed by atoms with Crippen LogP contribution in [0.25, 0.3) is 0 Å². The lowest BCUT2D eigenvalue weighted by Crippen LogP contribution is -2.30. The van der Waals surface area contributed by atoms with Crippen molar-refractivity contribution in [2.24, 2.45) is 0 Å². The number of methoxy groups -OCH3 is 1. The van der Waals surface area contributed by atoms with Crippen LogP contribution in [0.1, 0.15) is 12.5 Å². The monoisotopic (exact) mass is 319 g/mol. The highest BCUT2D eigenvalue weighted by Crippen LogP contribution is 2.27. The van der Waals surface area contributed by atoms with E-state index in [9.17, 15) is 4.79 Å². The molecule has 1 unspecified atom stereocenters. The predicted octanol–water partition coefficient (Wildman–Crippen LogP) is 4.06. The maximum atomic E-state index is 12.2. The van der Waals surface area contributed by atoms with Gasteiger partial charge in [0.25, 0.3) is 5.91 Å². The molecule has 0 bridgehead atoms. The summed E-state index contributed by atoms with van der Waals surface area (Å²) < 4.78 is 10.8. The highest BCUT2D eigenvalue weighted by molar-refractivity contribution is 6.32. The van der Waals surface area contributed by atoms with E-state index in [0.717, 1.165) is 5.56 Å². The maximum absolute atomic E-state index is 12.2. The molecule has 1 amide bonds. The summed E-state index contributed by atoms with van der Waals surface area (Å²) in [6, 6.07) is 12.6. The van der Waals surface area contributed by atoms with Gasteiger partial charge < -0.3 is 14.8 Å². The van der Waals surface area contributed by atoms with Gasteiger partial charge in [0.2, 0.25) is 0 Å². The van der Waals surface area contributed by atoms with Gasteiger partial charge in [-0.05, 0) is 43.7 Å². The number of hydrogen-bond acceptors (Lipinski definition) is 3. The molecule has 2 rings (SSSR count). The number of carbonyl (C=O) groups is 1. The highest BCUT2D eigenvalue weighted by Gasteiger charge is 2.16. The zero-order valence-corrected chi connectivity index (χ0v) is 13.5. The molecule has 0 aliphatic carbocycles. The Kier molecular flexibility index (Phi) is 5.28. The third-order valence-electron chi connectivity index (χ3n) is 3.19. The number of anilines is 1. The van der Waals surface area contributed by atoms with E-state index in [-0.39, 0.29) is 5.91 Å². The summed E-state index contributed by atoms with van der Waals surface area (Å²) in [4.78, 5) is 12.2. The molecule has 2 aromatic rings. The van der Waals surface area contributed by atoms with Gasteiger partial charge in [0.05, 0.1) is 12.1 Å². The van der Waals surface area contributed by atoms with Gasteiger partial charge in [0.15, 0.2) is 6.10 Å². The molecule has 0 aliphatic heterocycles. The fourth-order valence-corrected chi connectivity index (χ4v) is 2.18. The first-order valence-electron chi connectivity index (χ1n) is 6.88. The number of hydrogen-bond donors (Lipinski definition) is 1. The van der Waals surface area contributed by atoms with Crippen LogP contribution in [0.4, 0.5) is 5.69 Å². The SMILES string of the molecule is COc1ccc(NC(=O)C(C)Oc2ccccc2C)cc1Cl. The van der Waals surface area contributed by atoms with Crippen LogP contribution in [0.2, 0.25) is 5.02 Å². The second-order valence-corrected chi connectivity index (χ2v) is 5.27. The van der Waals surface area contributed by atoms with E-state index in [1.54, 1.807) is 25.1 Å². The van der Waals surface area contributed by atoms with Crippen molar-refractivity contribution >= 4 is 23.2 Å². The molecule has 1 atom stereocenters. The van der Waals surface area contributed by atoms with Crippen molar-refractivity contribution < 1.29 is 14.3 Å². The van der Waals surface area contributed by atoms with E-state index in [1.165, 1.54) is 7.11 Å². The van der Waals surface area contributed by atoms with Gasteiger partial charge in [-0.2, -0.15) is 0 Å². The molecule has 0 heterocycles. The highest BCUT2D eigenvalue weighted by atomic mass is 35.5. The van der Waals surface area contributed by atoms with Crippen LogP contribution in [0.5, 0.6) is 11.5 Å². The zero-order valence-electron chi connectivity index (χ0n) is 12.7. The minimum Gasteiger partial charge on any atom is -0.495 e. The van der Waals surface area contributed by atoms with Gasteiger partial charge >= 0.3 is 0 Å². The third kappa shape index (κ3) is 3.92. The molecule has 0 aliphatic rings. The molecule has 5 heteroatoms. The molecule has 2 aromatic carbocycles. The Bertz CT molecular complexity index is 673. The quantitative estimate of drug-likeness (QED) is 0.904. The lowest BCUT2D eigenvalue weighted by atomic mass is 10.2. The summed E-state index contributed by atoms with van der Waals surface area (Å²) in [6.07, 6.45) is -0.623. The molecule has 0 saturated heterocycles. The van der Waals surface area contributed by atoms with Crippen molar-refractivity contribution in [2.75, 3.05) is 12.4 Å². The number of para-hydroxylation sites is 1. The average Bonchev–Trinajstić information content (AvgIpc) is 2.49. The third-order valence-corrected chi connectivity index (χ3v) is 3.48. The molecule has 1 N–H and O–H groups in total. The molecule has 4 nitrogen and oxygen atoms in total. The van der Waals surface area contributed by atoms with Crippen LogP contribution < -0.4 is 14.8 Å². The fourth-order valence-electron chi connectivity index (χ4n) is 1.92. The molecule has 0 fully saturated rings. The van der Waals surface area contributed by atoms with Gasteiger partial charge in [-0.25, -0.2) is 0 Å². The van der Waals surface area contributed by atoms with Crippen molar-refractivity contribution in [3.8, 4) is 11.5 Å². The number of amides is 1. The minimum atomic E-state index is -0.623. The van der Waals surface area contributed by atoms with Crippen LogP contribution >= 0.6 is 11.6 Å². The number of benzene rings is 2. The van der Waals surface area contributed by atoms with Gasteiger partial charge in [-0.1, -0.05) is 29.8 Å². The van der Waals surface area contributed by atoms with E-state index in [4.69, 9.17) is 21.1 Å². The standard InChI is InChI=1S/C17H18ClNO3/c1-11-6-4-5-7-15(11)22-12(2)17(20)19-13-8-9-16(21-3)14(18)10-13/h4-10,12H,1-3H3,(H,19,20). The molecule has 0 aromatic heterocycles. The molecular weight excluding hydrogens is 302 g/mol. The molecule has 0 radical (unpaired) electrons. The van der Waals surface area contributed by atoms with E-state index in [1.807, 2.05) is 31.2 Å². The van der Waals surface area contributed by atoms with Crippen LogP contribution in [-0.2, 0) is 4.79 Å². The van der Waals surface area contributed by atoms with Gasteiger partial charge in [-0.3, -0.25) is 4.79 Å². The molecule has 116 valence electrons. The Balaban J connectivity index is 2.02. The van der Waals surface area contributed by atoms with Crippen LogP contribution in [0, 0.1) is 6.92 Å².